The van der Waals surface area contributed by atoms with E-state index in [1.165, 1.54) is 0 Å². The van der Waals surface area contributed by atoms with E-state index >= 15 is 0 Å². The first-order valence-corrected chi connectivity index (χ1v) is 9.42. The summed E-state index contributed by atoms with van der Waals surface area (Å²) in [5.41, 5.74) is 9.36. The quantitative estimate of drug-likeness (QED) is 0.471. The van der Waals surface area contributed by atoms with Gasteiger partial charge in [-0.2, -0.15) is 0 Å². The molecule has 0 aromatic heterocycles. The third-order valence-electron chi connectivity index (χ3n) is 4.01. The highest BCUT2D eigenvalue weighted by atomic mass is 35.5. The summed E-state index contributed by atoms with van der Waals surface area (Å²) in [4.78, 5) is 29.6. The summed E-state index contributed by atoms with van der Waals surface area (Å²) < 4.78 is 0. The molecule has 1 aromatic carbocycles. The predicted molar refractivity (Wildman–Crippen MR) is 110 cm³/mol. The molecule has 154 valence electrons. The Morgan fingerprint density at radius 3 is 2.44 bits per heavy atom. The first-order valence-electron chi connectivity index (χ1n) is 9.42. The second-order valence-electron chi connectivity index (χ2n) is 7.09. The highest BCUT2D eigenvalue weighted by molar-refractivity contribution is 5.85. The minimum Gasteiger partial charge on any atom is -0.352 e. The number of nitrogens with two attached hydrogens (primary N) is 1. The van der Waals surface area contributed by atoms with Crippen LogP contribution in [0.3, 0.4) is 0 Å². The topological polar surface area (TPSA) is 93.5 Å². The summed E-state index contributed by atoms with van der Waals surface area (Å²) in [5.74, 6) is -0.0999. The van der Waals surface area contributed by atoms with Crippen molar-refractivity contribution in [1.82, 2.24) is 10.8 Å². The van der Waals surface area contributed by atoms with Crippen LogP contribution in [0.5, 0.6) is 0 Å². The molecule has 0 spiro atoms. The molecule has 0 unspecified atom stereocenters. The Labute approximate surface area is 169 Å². The lowest BCUT2D eigenvalue weighted by atomic mass is 10.0. The molecule has 0 aliphatic heterocycles. The second-order valence-corrected chi connectivity index (χ2v) is 7.09. The zero-order valence-electron chi connectivity index (χ0n) is 16.6. The van der Waals surface area contributed by atoms with Crippen LogP contribution in [0.1, 0.15) is 58.4 Å². The third kappa shape index (κ3) is 11.6. The third-order valence-corrected chi connectivity index (χ3v) is 4.01. The average molecular weight is 400 g/mol. The maximum Gasteiger partial charge on any atom is 0.245 e. The molecule has 0 saturated heterocycles. The highest BCUT2D eigenvalue weighted by Crippen LogP contribution is 2.08. The second kappa shape index (κ2) is 14.4. The molecule has 1 aromatic rings. The maximum absolute atomic E-state index is 12.2. The van der Waals surface area contributed by atoms with E-state index in [0.717, 1.165) is 24.8 Å². The number of nitrogens with one attached hydrogen (secondary N) is 2. The summed E-state index contributed by atoms with van der Waals surface area (Å²) >= 11 is 0. The normalized spacial score (nSPS) is 12.8. The van der Waals surface area contributed by atoms with E-state index in [2.05, 4.69) is 17.7 Å². The highest BCUT2D eigenvalue weighted by Gasteiger charge is 2.21. The van der Waals surface area contributed by atoms with Gasteiger partial charge in [0.15, 0.2) is 0 Å². The molecule has 7 heteroatoms. The summed E-state index contributed by atoms with van der Waals surface area (Å²) in [5, 5.41) is 2.92. The molecule has 27 heavy (non-hydrogen) atoms. The van der Waals surface area contributed by atoms with Crippen LogP contribution in [0.15, 0.2) is 30.3 Å². The van der Waals surface area contributed by atoms with Crippen molar-refractivity contribution >= 4 is 24.2 Å². The smallest absolute Gasteiger partial charge is 0.245 e. The van der Waals surface area contributed by atoms with Crippen LogP contribution in [0, 0.1) is 5.92 Å². The van der Waals surface area contributed by atoms with Crippen molar-refractivity contribution in [1.29, 1.82) is 0 Å². The van der Waals surface area contributed by atoms with Crippen LogP contribution in [0.25, 0.3) is 0 Å². The van der Waals surface area contributed by atoms with Crippen molar-refractivity contribution in [3.05, 3.63) is 35.9 Å². The fourth-order valence-electron chi connectivity index (χ4n) is 2.64. The van der Waals surface area contributed by atoms with E-state index in [9.17, 15) is 9.59 Å². The van der Waals surface area contributed by atoms with Gasteiger partial charge in [0.05, 0.1) is 12.6 Å². The van der Waals surface area contributed by atoms with Gasteiger partial charge in [0, 0.05) is 12.5 Å². The Bertz CT molecular complexity index is 541. The number of carbonyl (C=O) groups is 2. The molecule has 2 amide bonds. The van der Waals surface area contributed by atoms with Crippen LogP contribution < -0.4 is 16.5 Å². The molecule has 4 N–H and O–H groups in total. The number of unbranched alkanes of at least 4 members (excludes halogenated alkanes) is 1. The van der Waals surface area contributed by atoms with Crippen LogP contribution >= 0.6 is 12.4 Å². The van der Waals surface area contributed by atoms with Crippen molar-refractivity contribution < 1.29 is 14.4 Å². The molecule has 0 saturated carbocycles. The molecule has 0 heterocycles. The van der Waals surface area contributed by atoms with Crippen LogP contribution in [-0.4, -0.2) is 23.9 Å². The Kier molecular flexibility index (Phi) is 13.6. The number of rotatable bonds is 12. The standard InChI is InChI=1S/C20H33N3O3.ClH/c1-4-5-11-17(22-20(25)18(21)12-15(2)3)13-19(24)23-26-14-16-9-7-6-8-10-16;/h6-10,15,17-18H,4-5,11-14,21H2,1-3H3,(H,22,25)(H,23,24);1H/t17-,18-;/m0./s1. The van der Waals surface area contributed by atoms with E-state index in [4.69, 9.17) is 10.6 Å². The molecule has 0 aliphatic rings. The summed E-state index contributed by atoms with van der Waals surface area (Å²) in [6, 6.07) is 8.82. The monoisotopic (exact) mass is 399 g/mol. The van der Waals surface area contributed by atoms with Gasteiger partial charge < -0.3 is 11.1 Å². The molecular formula is C20H34ClN3O3. The van der Waals surface area contributed by atoms with Gasteiger partial charge >= 0.3 is 0 Å². The van der Waals surface area contributed by atoms with Gasteiger partial charge in [-0.3, -0.25) is 14.4 Å². The molecule has 1 rings (SSSR count). The number of benzene rings is 1. The Hall–Kier alpha value is -1.63. The van der Waals surface area contributed by atoms with Gasteiger partial charge in [-0.05, 0) is 24.3 Å². The Morgan fingerprint density at radius 1 is 1.19 bits per heavy atom. The molecule has 0 aliphatic carbocycles. The van der Waals surface area contributed by atoms with Gasteiger partial charge in [-0.1, -0.05) is 63.9 Å². The zero-order valence-corrected chi connectivity index (χ0v) is 17.4. The number of carbonyl (C=O) groups excluding carboxylic acids is 2. The lowest BCUT2D eigenvalue weighted by Gasteiger charge is -2.21. The Balaban J connectivity index is 0.00000676. The van der Waals surface area contributed by atoms with E-state index in [1.54, 1.807) is 0 Å². The van der Waals surface area contributed by atoms with Crippen LogP contribution in [-0.2, 0) is 21.0 Å². The number of hydroxylamine groups is 1. The SMILES string of the molecule is CCCC[C@@H](CC(=O)NOCc1ccccc1)NC(=O)[C@@H](N)CC(C)C.Cl. The summed E-state index contributed by atoms with van der Waals surface area (Å²) in [6.45, 7) is 6.43. The van der Waals surface area contributed by atoms with Gasteiger partial charge in [-0.15, -0.1) is 12.4 Å². The van der Waals surface area contributed by atoms with Crippen LogP contribution in [0.4, 0.5) is 0 Å². The summed E-state index contributed by atoms with van der Waals surface area (Å²) in [6.07, 6.45) is 3.47. The van der Waals surface area contributed by atoms with Crippen LogP contribution in [0.2, 0.25) is 0 Å². The fourth-order valence-corrected chi connectivity index (χ4v) is 2.64. The molecular weight excluding hydrogens is 366 g/mol. The minimum atomic E-state index is -0.545. The molecule has 0 bridgehead atoms. The van der Waals surface area contributed by atoms with Crippen molar-refractivity contribution in [3.63, 3.8) is 0 Å². The Morgan fingerprint density at radius 2 is 1.85 bits per heavy atom. The lowest BCUT2D eigenvalue weighted by molar-refractivity contribution is -0.135. The first-order chi connectivity index (χ1) is 12.4. The predicted octanol–water partition coefficient (Wildman–Crippen LogP) is 3.09. The molecule has 2 atom stereocenters. The van der Waals surface area contributed by atoms with E-state index in [0.29, 0.717) is 18.9 Å². The minimum absolute atomic E-state index is 0. The van der Waals surface area contributed by atoms with Crippen molar-refractivity contribution in [2.24, 2.45) is 11.7 Å². The van der Waals surface area contributed by atoms with Gasteiger partial charge in [-0.25, -0.2) is 5.48 Å². The molecule has 0 fully saturated rings. The maximum atomic E-state index is 12.2. The lowest BCUT2D eigenvalue weighted by Crippen LogP contribution is -2.47. The number of halogens is 1. The number of hydrogen-bond donors (Lipinski definition) is 3. The van der Waals surface area contributed by atoms with Gasteiger partial charge in [0.25, 0.3) is 0 Å². The van der Waals surface area contributed by atoms with Crippen molar-refractivity contribution in [2.45, 2.75) is 71.6 Å². The van der Waals surface area contributed by atoms with Gasteiger partial charge in [0.2, 0.25) is 11.8 Å². The molecule has 6 nitrogen and oxygen atoms in total. The zero-order chi connectivity index (χ0) is 19.4. The van der Waals surface area contributed by atoms with Gasteiger partial charge in [0.1, 0.15) is 0 Å². The number of amides is 2. The summed E-state index contributed by atoms with van der Waals surface area (Å²) in [7, 11) is 0. The fraction of sp³-hybridized carbons (Fsp3) is 0.600. The van der Waals surface area contributed by atoms with E-state index < -0.39 is 6.04 Å². The first kappa shape index (κ1) is 25.4. The van der Waals surface area contributed by atoms with E-state index in [1.807, 2.05) is 44.2 Å². The van der Waals surface area contributed by atoms with E-state index in [-0.39, 0.29) is 36.7 Å². The number of hydrogen-bond acceptors (Lipinski definition) is 4. The van der Waals surface area contributed by atoms with Crippen molar-refractivity contribution in [3.8, 4) is 0 Å². The molecule has 0 radical (unpaired) electrons. The van der Waals surface area contributed by atoms with Crippen molar-refractivity contribution in [2.75, 3.05) is 0 Å². The largest absolute Gasteiger partial charge is 0.352 e. The average Bonchev–Trinajstić information content (AvgIpc) is 2.59.